The summed E-state index contributed by atoms with van der Waals surface area (Å²) in [7, 11) is 3.50. The standard InChI is InChI=1S/C14H18FNO2/c1-16-7-3-4-10(9-16)14(17)12-8-11(15)5-6-13(12)18-2/h5-6,8,10H,3-4,7,9H2,1-2H3. The molecule has 1 atom stereocenters. The maximum Gasteiger partial charge on any atom is 0.171 e. The van der Waals surface area contributed by atoms with Crippen molar-refractivity contribution in [3.63, 3.8) is 0 Å². The van der Waals surface area contributed by atoms with Crippen LogP contribution in [0.25, 0.3) is 0 Å². The molecule has 18 heavy (non-hydrogen) atoms. The maximum absolute atomic E-state index is 13.3. The van der Waals surface area contributed by atoms with Crippen LogP contribution in [0.3, 0.4) is 0 Å². The van der Waals surface area contributed by atoms with Crippen LogP contribution in [0, 0.1) is 11.7 Å². The number of carbonyl (C=O) groups excluding carboxylic acids is 1. The molecule has 4 heteroatoms. The molecule has 1 fully saturated rings. The second-order valence-electron chi connectivity index (χ2n) is 4.81. The highest BCUT2D eigenvalue weighted by Crippen LogP contribution is 2.26. The summed E-state index contributed by atoms with van der Waals surface area (Å²) >= 11 is 0. The Labute approximate surface area is 107 Å². The van der Waals surface area contributed by atoms with E-state index < -0.39 is 5.82 Å². The first kappa shape index (κ1) is 13.0. The fourth-order valence-corrected chi connectivity index (χ4v) is 2.47. The van der Waals surface area contributed by atoms with Crippen LogP contribution in [-0.2, 0) is 0 Å². The van der Waals surface area contributed by atoms with Gasteiger partial charge < -0.3 is 9.64 Å². The molecule has 1 unspecified atom stereocenters. The number of rotatable bonds is 3. The second kappa shape index (κ2) is 5.48. The normalized spacial score (nSPS) is 20.7. The van der Waals surface area contributed by atoms with Crippen molar-refractivity contribution in [1.29, 1.82) is 0 Å². The zero-order chi connectivity index (χ0) is 13.1. The van der Waals surface area contributed by atoms with Gasteiger partial charge in [0, 0.05) is 12.5 Å². The van der Waals surface area contributed by atoms with Crippen LogP contribution in [0.15, 0.2) is 18.2 Å². The fourth-order valence-electron chi connectivity index (χ4n) is 2.47. The van der Waals surface area contributed by atoms with E-state index in [2.05, 4.69) is 4.90 Å². The summed E-state index contributed by atoms with van der Waals surface area (Å²) in [5.74, 6) is -0.0182. The average Bonchev–Trinajstić information content (AvgIpc) is 2.38. The molecule has 0 amide bonds. The Balaban J connectivity index is 2.24. The van der Waals surface area contributed by atoms with Gasteiger partial charge in [-0.15, -0.1) is 0 Å². The molecule has 1 aromatic rings. The van der Waals surface area contributed by atoms with Crippen LogP contribution in [-0.4, -0.2) is 37.9 Å². The van der Waals surface area contributed by atoms with Gasteiger partial charge in [-0.1, -0.05) is 0 Å². The van der Waals surface area contributed by atoms with Gasteiger partial charge in [0.15, 0.2) is 5.78 Å². The molecule has 2 rings (SSSR count). The third-order valence-electron chi connectivity index (χ3n) is 3.42. The molecule has 0 spiro atoms. The zero-order valence-corrected chi connectivity index (χ0v) is 10.8. The van der Waals surface area contributed by atoms with Gasteiger partial charge in [0.1, 0.15) is 11.6 Å². The van der Waals surface area contributed by atoms with Crippen molar-refractivity contribution in [1.82, 2.24) is 4.90 Å². The van der Waals surface area contributed by atoms with E-state index in [1.807, 2.05) is 7.05 Å². The molecular formula is C14H18FNO2. The van der Waals surface area contributed by atoms with Crippen LogP contribution < -0.4 is 4.74 Å². The van der Waals surface area contributed by atoms with Gasteiger partial charge in [-0.2, -0.15) is 0 Å². The second-order valence-corrected chi connectivity index (χ2v) is 4.81. The third kappa shape index (κ3) is 2.70. The molecule has 0 aromatic heterocycles. The predicted octanol–water partition coefficient (Wildman–Crippen LogP) is 2.36. The van der Waals surface area contributed by atoms with Crippen molar-refractivity contribution < 1.29 is 13.9 Å². The molecule has 0 bridgehead atoms. The monoisotopic (exact) mass is 251 g/mol. The highest BCUT2D eigenvalue weighted by molar-refractivity contribution is 6.00. The van der Waals surface area contributed by atoms with Gasteiger partial charge in [-0.3, -0.25) is 4.79 Å². The Morgan fingerprint density at radius 1 is 1.50 bits per heavy atom. The lowest BCUT2D eigenvalue weighted by Crippen LogP contribution is -2.36. The van der Waals surface area contributed by atoms with E-state index in [0.29, 0.717) is 11.3 Å². The topological polar surface area (TPSA) is 29.5 Å². The maximum atomic E-state index is 13.3. The first-order chi connectivity index (χ1) is 8.61. The lowest BCUT2D eigenvalue weighted by atomic mass is 9.90. The number of methoxy groups -OCH3 is 1. The minimum absolute atomic E-state index is 0.0158. The van der Waals surface area contributed by atoms with Crippen molar-refractivity contribution in [2.75, 3.05) is 27.2 Å². The van der Waals surface area contributed by atoms with Gasteiger partial charge in [0.25, 0.3) is 0 Å². The van der Waals surface area contributed by atoms with E-state index in [4.69, 9.17) is 4.74 Å². The number of hydrogen-bond donors (Lipinski definition) is 0. The summed E-state index contributed by atoms with van der Waals surface area (Å²) in [6.45, 7) is 1.75. The van der Waals surface area contributed by atoms with E-state index >= 15 is 0 Å². The number of Topliss-reactive ketones (excluding diaryl/α,β-unsaturated/α-hetero) is 1. The largest absolute Gasteiger partial charge is 0.496 e. The Bertz CT molecular complexity index is 447. The number of carbonyl (C=O) groups is 1. The van der Waals surface area contributed by atoms with Crippen LogP contribution >= 0.6 is 0 Å². The lowest BCUT2D eigenvalue weighted by Gasteiger charge is -2.28. The molecule has 0 saturated carbocycles. The van der Waals surface area contributed by atoms with Crippen molar-refractivity contribution in [2.24, 2.45) is 5.92 Å². The minimum atomic E-state index is -0.400. The number of halogens is 1. The number of ether oxygens (including phenoxy) is 1. The molecule has 0 N–H and O–H groups in total. The summed E-state index contributed by atoms with van der Waals surface area (Å²) in [6.07, 6.45) is 1.87. The summed E-state index contributed by atoms with van der Waals surface area (Å²) in [6, 6.07) is 4.09. The van der Waals surface area contributed by atoms with Gasteiger partial charge >= 0.3 is 0 Å². The summed E-state index contributed by atoms with van der Waals surface area (Å²) in [4.78, 5) is 14.5. The van der Waals surface area contributed by atoms with Crippen molar-refractivity contribution >= 4 is 5.78 Å². The van der Waals surface area contributed by atoms with Crippen LogP contribution in [0.5, 0.6) is 5.75 Å². The summed E-state index contributed by atoms with van der Waals surface area (Å²) < 4.78 is 18.4. The van der Waals surface area contributed by atoms with Crippen LogP contribution in [0.2, 0.25) is 0 Å². The predicted molar refractivity (Wildman–Crippen MR) is 67.5 cm³/mol. The van der Waals surface area contributed by atoms with Gasteiger partial charge in [-0.05, 0) is 44.6 Å². The van der Waals surface area contributed by atoms with Crippen molar-refractivity contribution in [3.8, 4) is 5.75 Å². The summed E-state index contributed by atoms with van der Waals surface area (Å²) in [5, 5.41) is 0. The first-order valence-electron chi connectivity index (χ1n) is 6.18. The molecule has 1 heterocycles. The van der Waals surface area contributed by atoms with Crippen molar-refractivity contribution in [2.45, 2.75) is 12.8 Å². The minimum Gasteiger partial charge on any atom is -0.496 e. The van der Waals surface area contributed by atoms with E-state index in [0.717, 1.165) is 25.9 Å². The van der Waals surface area contributed by atoms with Gasteiger partial charge in [0.2, 0.25) is 0 Å². The number of likely N-dealkylation sites (tertiary alicyclic amines) is 1. The SMILES string of the molecule is COc1ccc(F)cc1C(=O)C1CCCN(C)C1. The molecular weight excluding hydrogens is 233 g/mol. The van der Waals surface area contributed by atoms with E-state index in [9.17, 15) is 9.18 Å². The Morgan fingerprint density at radius 3 is 2.94 bits per heavy atom. The highest BCUT2D eigenvalue weighted by Gasteiger charge is 2.27. The number of benzene rings is 1. The fraction of sp³-hybridized carbons (Fsp3) is 0.500. The van der Waals surface area contributed by atoms with Crippen molar-refractivity contribution in [3.05, 3.63) is 29.6 Å². The number of hydrogen-bond acceptors (Lipinski definition) is 3. The molecule has 1 aromatic carbocycles. The lowest BCUT2D eigenvalue weighted by molar-refractivity contribution is 0.0839. The smallest absolute Gasteiger partial charge is 0.171 e. The first-order valence-corrected chi connectivity index (χ1v) is 6.18. The molecule has 1 saturated heterocycles. The molecule has 0 aliphatic carbocycles. The molecule has 1 aliphatic rings. The number of nitrogens with zero attached hydrogens (tertiary/aromatic N) is 1. The zero-order valence-electron chi connectivity index (χ0n) is 10.8. The van der Waals surface area contributed by atoms with Crippen LogP contribution in [0.4, 0.5) is 4.39 Å². The molecule has 98 valence electrons. The number of piperidine rings is 1. The highest BCUT2D eigenvalue weighted by atomic mass is 19.1. The third-order valence-corrected chi connectivity index (χ3v) is 3.42. The Morgan fingerprint density at radius 2 is 2.28 bits per heavy atom. The molecule has 0 radical (unpaired) electrons. The van der Waals surface area contributed by atoms with E-state index in [-0.39, 0.29) is 11.7 Å². The summed E-state index contributed by atoms with van der Waals surface area (Å²) in [5.41, 5.74) is 0.359. The Hall–Kier alpha value is -1.42. The van der Waals surface area contributed by atoms with Crippen LogP contribution in [0.1, 0.15) is 23.2 Å². The average molecular weight is 251 g/mol. The molecule has 1 aliphatic heterocycles. The number of ketones is 1. The molecule has 3 nitrogen and oxygen atoms in total. The Kier molecular flexibility index (Phi) is 3.97. The van der Waals surface area contributed by atoms with E-state index in [1.165, 1.54) is 25.3 Å². The quantitative estimate of drug-likeness (QED) is 0.772. The van der Waals surface area contributed by atoms with E-state index in [1.54, 1.807) is 0 Å². The van der Waals surface area contributed by atoms with Gasteiger partial charge in [-0.25, -0.2) is 4.39 Å². The van der Waals surface area contributed by atoms with Gasteiger partial charge in [0.05, 0.1) is 12.7 Å².